The van der Waals surface area contributed by atoms with Gasteiger partial charge in [0.2, 0.25) is 0 Å². The van der Waals surface area contributed by atoms with Gasteiger partial charge >= 0.3 is 5.97 Å². The number of nitrogens with one attached hydrogen (secondary N) is 1. The number of carbonyl (C=O) groups is 2. The monoisotopic (exact) mass is 315 g/mol. The third-order valence-corrected chi connectivity index (χ3v) is 3.26. The third kappa shape index (κ3) is 5.24. The van der Waals surface area contributed by atoms with E-state index in [1.54, 1.807) is 25.1 Å². The summed E-state index contributed by atoms with van der Waals surface area (Å²) < 4.78 is 10.2. The standard InChI is InChI=1S/C14H18ClNO5/c1-8-6-10(4-5-11(8)15)21-9(2)13(17)16-7-12(20-3)14(18)19/h4-6,9,12H,7H2,1-3H3,(H,16,17)(H,18,19). The molecule has 0 aliphatic rings. The molecule has 0 spiro atoms. The maximum atomic E-state index is 11.8. The number of carboxylic acid groups (broad SMARTS) is 1. The average Bonchev–Trinajstić information content (AvgIpc) is 2.42. The molecular formula is C14H18ClNO5. The minimum Gasteiger partial charge on any atom is -0.481 e. The number of benzene rings is 1. The second kappa shape index (κ2) is 7.85. The van der Waals surface area contributed by atoms with Crippen molar-refractivity contribution in [1.29, 1.82) is 0 Å². The van der Waals surface area contributed by atoms with Crippen LogP contribution in [-0.4, -0.2) is 42.8 Å². The van der Waals surface area contributed by atoms with Gasteiger partial charge in [0.1, 0.15) is 5.75 Å². The van der Waals surface area contributed by atoms with Crippen LogP contribution in [0.5, 0.6) is 5.75 Å². The average molecular weight is 316 g/mol. The molecule has 1 amide bonds. The molecule has 1 aromatic rings. The Hall–Kier alpha value is -1.79. The number of methoxy groups -OCH3 is 1. The van der Waals surface area contributed by atoms with E-state index in [9.17, 15) is 9.59 Å². The number of rotatable bonds is 7. The van der Waals surface area contributed by atoms with Crippen molar-refractivity contribution in [2.75, 3.05) is 13.7 Å². The van der Waals surface area contributed by atoms with Crippen molar-refractivity contribution in [2.45, 2.75) is 26.1 Å². The van der Waals surface area contributed by atoms with Crippen molar-refractivity contribution < 1.29 is 24.2 Å². The molecule has 0 bridgehead atoms. The molecule has 0 aliphatic carbocycles. The maximum Gasteiger partial charge on any atom is 0.334 e. The number of hydrogen-bond acceptors (Lipinski definition) is 4. The van der Waals surface area contributed by atoms with Gasteiger partial charge in [-0.3, -0.25) is 4.79 Å². The van der Waals surface area contributed by atoms with E-state index in [1.807, 2.05) is 6.92 Å². The van der Waals surface area contributed by atoms with Gasteiger partial charge in [-0.2, -0.15) is 0 Å². The van der Waals surface area contributed by atoms with Crippen LogP contribution < -0.4 is 10.1 Å². The Labute approximate surface area is 128 Å². The third-order valence-electron chi connectivity index (χ3n) is 2.83. The highest BCUT2D eigenvalue weighted by atomic mass is 35.5. The van der Waals surface area contributed by atoms with Crippen LogP contribution >= 0.6 is 11.6 Å². The number of aryl methyl sites for hydroxylation is 1. The zero-order valence-electron chi connectivity index (χ0n) is 12.1. The van der Waals surface area contributed by atoms with E-state index >= 15 is 0 Å². The molecule has 0 saturated carbocycles. The minimum atomic E-state index is -1.14. The van der Waals surface area contributed by atoms with E-state index in [4.69, 9.17) is 26.2 Å². The Morgan fingerprint density at radius 3 is 2.62 bits per heavy atom. The second-order valence-electron chi connectivity index (χ2n) is 4.48. The Balaban J connectivity index is 2.54. The van der Waals surface area contributed by atoms with Crippen molar-refractivity contribution in [3.8, 4) is 5.75 Å². The van der Waals surface area contributed by atoms with Gasteiger partial charge in [0.15, 0.2) is 12.2 Å². The molecule has 0 radical (unpaired) electrons. The molecule has 116 valence electrons. The van der Waals surface area contributed by atoms with E-state index in [0.717, 1.165) is 5.56 Å². The zero-order valence-corrected chi connectivity index (χ0v) is 12.8. The molecule has 0 aromatic heterocycles. The molecular weight excluding hydrogens is 298 g/mol. The van der Waals surface area contributed by atoms with Gasteiger partial charge in [0.25, 0.3) is 5.91 Å². The first-order valence-electron chi connectivity index (χ1n) is 6.31. The Kier molecular flexibility index (Phi) is 6.45. The lowest BCUT2D eigenvalue weighted by molar-refractivity contribution is -0.148. The number of amides is 1. The molecule has 21 heavy (non-hydrogen) atoms. The van der Waals surface area contributed by atoms with Crippen molar-refractivity contribution in [2.24, 2.45) is 0 Å². The fraction of sp³-hybridized carbons (Fsp3) is 0.429. The Morgan fingerprint density at radius 1 is 1.43 bits per heavy atom. The van der Waals surface area contributed by atoms with Crippen molar-refractivity contribution in [3.63, 3.8) is 0 Å². The summed E-state index contributed by atoms with van der Waals surface area (Å²) in [6, 6.07) is 5.07. The van der Waals surface area contributed by atoms with Gasteiger partial charge in [-0.25, -0.2) is 4.79 Å². The Bertz CT molecular complexity index is 520. The van der Waals surface area contributed by atoms with Crippen LogP contribution in [0.15, 0.2) is 18.2 Å². The Morgan fingerprint density at radius 2 is 2.10 bits per heavy atom. The fourth-order valence-electron chi connectivity index (χ4n) is 1.56. The SMILES string of the molecule is COC(CNC(=O)C(C)Oc1ccc(Cl)c(C)c1)C(=O)O. The van der Waals surface area contributed by atoms with Gasteiger partial charge < -0.3 is 19.9 Å². The molecule has 1 rings (SSSR count). The normalized spacial score (nSPS) is 13.3. The van der Waals surface area contributed by atoms with Crippen molar-refractivity contribution in [1.82, 2.24) is 5.32 Å². The molecule has 2 N–H and O–H groups in total. The molecule has 7 heteroatoms. The van der Waals surface area contributed by atoms with Crippen LogP contribution in [0.3, 0.4) is 0 Å². The van der Waals surface area contributed by atoms with E-state index in [-0.39, 0.29) is 6.54 Å². The second-order valence-corrected chi connectivity index (χ2v) is 4.89. The molecule has 6 nitrogen and oxygen atoms in total. The number of carboxylic acids is 1. The van der Waals surface area contributed by atoms with Crippen molar-refractivity contribution in [3.05, 3.63) is 28.8 Å². The molecule has 1 aromatic carbocycles. The summed E-state index contributed by atoms with van der Waals surface area (Å²) in [6.07, 6.45) is -1.85. The molecule has 2 atom stereocenters. The lowest BCUT2D eigenvalue weighted by Crippen LogP contribution is -2.43. The first kappa shape index (κ1) is 17.3. The number of ether oxygens (including phenoxy) is 2. The van der Waals surface area contributed by atoms with Crippen LogP contribution in [-0.2, 0) is 14.3 Å². The maximum absolute atomic E-state index is 11.8. The number of aliphatic carboxylic acids is 1. The van der Waals surface area contributed by atoms with Crippen molar-refractivity contribution >= 4 is 23.5 Å². The highest BCUT2D eigenvalue weighted by Gasteiger charge is 2.20. The zero-order chi connectivity index (χ0) is 16.0. The van der Waals surface area contributed by atoms with Gasteiger partial charge in [-0.05, 0) is 37.6 Å². The summed E-state index contributed by atoms with van der Waals surface area (Å²) in [5.74, 6) is -1.05. The van der Waals surface area contributed by atoms with Crippen LogP contribution in [0.2, 0.25) is 5.02 Å². The quantitative estimate of drug-likeness (QED) is 0.799. The lowest BCUT2D eigenvalue weighted by Gasteiger charge is -2.17. The topological polar surface area (TPSA) is 84.9 Å². The lowest BCUT2D eigenvalue weighted by atomic mass is 10.2. The highest BCUT2D eigenvalue weighted by molar-refractivity contribution is 6.31. The van der Waals surface area contributed by atoms with Crippen LogP contribution in [0, 0.1) is 6.92 Å². The van der Waals surface area contributed by atoms with E-state index in [2.05, 4.69) is 5.32 Å². The molecule has 0 saturated heterocycles. The highest BCUT2D eigenvalue weighted by Crippen LogP contribution is 2.21. The first-order valence-corrected chi connectivity index (χ1v) is 6.69. The molecule has 0 heterocycles. The van der Waals surface area contributed by atoms with Gasteiger partial charge in [-0.15, -0.1) is 0 Å². The summed E-state index contributed by atoms with van der Waals surface area (Å²) in [5, 5.41) is 11.9. The van der Waals surface area contributed by atoms with Crippen LogP contribution in [0.4, 0.5) is 0 Å². The van der Waals surface area contributed by atoms with Crippen LogP contribution in [0.25, 0.3) is 0 Å². The fourth-order valence-corrected chi connectivity index (χ4v) is 1.67. The molecule has 2 unspecified atom stereocenters. The molecule has 0 aliphatic heterocycles. The molecule has 0 fully saturated rings. The predicted molar refractivity (Wildman–Crippen MR) is 77.7 cm³/mol. The van der Waals surface area contributed by atoms with E-state index < -0.39 is 24.1 Å². The van der Waals surface area contributed by atoms with E-state index in [0.29, 0.717) is 10.8 Å². The summed E-state index contributed by atoms with van der Waals surface area (Å²) in [7, 11) is 1.27. The largest absolute Gasteiger partial charge is 0.481 e. The number of halogens is 1. The number of hydrogen-bond donors (Lipinski definition) is 2. The summed E-state index contributed by atoms with van der Waals surface area (Å²) in [6.45, 7) is 3.27. The first-order chi connectivity index (χ1) is 9.85. The number of carbonyl (C=O) groups excluding carboxylic acids is 1. The van der Waals surface area contributed by atoms with Gasteiger partial charge in [-0.1, -0.05) is 11.6 Å². The van der Waals surface area contributed by atoms with E-state index in [1.165, 1.54) is 7.11 Å². The summed E-state index contributed by atoms with van der Waals surface area (Å²) in [4.78, 5) is 22.6. The summed E-state index contributed by atoms with van der Waals surface area (Å²) in [5.41, 5.74) is 0.840. The minimum absolute atomic E-state index is 0.127. The smallest absolute Gasteiger partial charge is 0.334 e. The summed E-state index contributed by atoms with van der Waals surface area (Å²) >= 11 is 5.91. The van der Waals surface area contributed by atoms with Gasteiger partial charge in [0.05, 0.1) is 6.54 Å². The van der Waals surface area contributed by atoms with Crippen LogP contribution in [0.1, 0.15) is 12.5 Å². The van der Waals surface area contributed by atoms with Gasteiger partial charge in [0, 0.05) is 12.1 Å². The predicted octanol–water partition coefficient (Wildman–Crippen LogP) is 1.63.